The van der Waals surface area contributed by atoms with Crippen molar-refractivity contribution >= 4 is 35.6 Å². The first-order chi connectivity index (χ1) is 8.62. The highest BCUT2D eigenvalue weighted by molar-refractivity contribution is 7.72. The Bertz CT molecular complexity index is 600. The van der Waals surface area contributed by atoms with Crippen molar-refractivity contribution in [3.8, 4) is 0 Å². The fraction of sp³-hybridized carbons (Fsp3) is 0.600. The van der Waals surface area contributed by atoms with Gasteiger partial charge in [0.2, 0.25) is 0 Å². The number of aryl methyl sites for hydroxylation is 3. The van der Waals surface area contributed by atoms with Crippen molar-refractivity contribution in [3.05, 3.63) is 28.8 Å². The van der Waals surface area contributed by atoms with Crippen molar-refractivity contribution in [3.63, 3.8) is 0 Å². The van der Waals surface area contributed by atoms with Gasteiger partial charge >= 0.3 is 0 Å². The van der Waals surface area contributed by atoms with Gasteiger partial charge in [0.15, 0.2) is 0 Å². The van der Waals surface area contributed by atoms with Crippen LogP contribution in [0.5, 0.6) is 0 Å². The average molecular weight is 317 g/mol. The molecule has 2 aliphatic rings. The average Bonchev–Trinajstić information content (AvgIpc) is 2.49. The third kappa shape index (κ3) is 1.71. The summed E-state index contributed by atoms with van der Waals surface area (Å²) in [5.74, 6) is 0.189. The Balaban J connectivity index is 2.05. The fourth-order valence-corrected chi connectivity index (χ4v) is 10.1. The first-order valence-corrected chi connectivity index (χ1v) is 9.49. The zero-order valence-corrected chi connectivity index (χ0v) is 14.2. The molecule has 19 heavy (non-hydrogen) atoms. The van der Waals surface area contributed by atoms with E-state index in [1.165, 1.54) is 5.56 Å². The Labute approximate surface area is 125 Å². The van der Waals surface area contributed by atoms with Crippen LogP contribution in [0.25, 0.3) is 0 Å². The topological polar surface area (TPSA) is 17.1 Å². The van der Waals surface area contributed by atoms with E-state index in [0.29, 0.717) is 12.3 Å². The van der Waals surface area contributed by atoms with Crippen LogP contribution in [0.2, 0.25) is 0 Å². The maximum Gasteiger partial charge on any atom is 0.128 e. The minimum atomic E-state index is -2.34. The zero-order chi connectivity index (χ0) is 14.2. The number of hydrogen-bond acceptors (Lipinski definition) is 1. The first kappa shape index (κ1) is 14.0. The highest BCUT2D eigenvalue weighted by atomic mass is 35.5. The van der Waals surface area contributed by atoms with Gasteiger partial charge in [0.25, 0.3) is 0 Å². The Morgan fingerprint density at radius 3 is 2.16 bits per heavy atom. The molecule has 1 saturated carbocycles. The van der Waals surface area contributed by atoms with Gasteiger partial charge in [-0.25, -0.2) is 0 Å². The molecule has 3 atom stereocenters. The fourth-order valence-electron chi connectivity index (χ4n) is 4.08. The molecule has 1 nitrogen and oxygen atoms in total. The number of fused-ring (bicyclic) bond motifs is 1. The van der Waals surface area contributed by atoms with Crippen LogP contribution >= 0.6 is 30.3 Å². The monoisotopic (exact) mass is 316 g/mol. The minimum Gasteiger partial charge on any atom is -0.319 e. The van der Waals surface area contributed by atoms with Crippen molar-refractivity contribution in [1.29, 1.82) is 0 Å². The molecule has 4 heteroatoms. The summed E-state index contributed by atoms with van der Waals surface area (Å²) in [4.78, 5) is 0. The van der Waals surface area contributed by atoms with Crippen LogP contribution in [-0.4, -0.2) is 16.7 Å². The summed E-state index contributed by atoms with van der Waals surface area (Å²) in [5.41, 5.74) is 3.38. The van der Waals surface area contributed by atoms with Gasteiger partial charge < -0.3 is 4.57 Å². The molecule has 1 aliphatic heterocycles. The molecule has 3 rings (SSSR count). The molecule has 0 N–H and O–H groups in total. The van der Waals surface area contributed by atoms with Crippen molar-refractivity contribution in [2.45, 2.75) is 32.0 Å². The molecule has 2 fully saturated rings. The van der Waals surface area contributed by atoms with Crippen LogP contribution in [0, 0.1) is 32.1 Å². The Morgan fingerprint density at radius 1 is 1.21 bits per heavy atom. The SMILES string of the molecule is Cc1cc(C)c([P@@]2(=O)C[C@H]3C(Cl)(Cl)[C@@]3(C)C2)c(C)c1. The number of benzene rings is 1. The quantitative estimate of drug-likeness (QED) is 0.553. The summed E-state index contributed by atoms with van der Waals surface area (Å²) in [6.45, 7) is 8.29. The van der Waals surface area contributed by atoms with Crippen LogP contribution in [-0.2, 0) is 4.57 Å². The van der Waals surface area contributed by atoms with E-state index in [0.717, 1.165) is 16.4 Å². The third-order valence-corrected chi connectivity index (χ3v) is 10.0. The molecule has 1 aromatic carbocycles. The van der Waals surface area contributed by atoms with Gasteiger partial charge in [0, 0.05) is 29.0 Å². The lowest BCUT2D eigenvalue weighted by Gasteiger charge is -2.23. The van der Waals surface area contributed by atoms with Gasteiger partial charge in [-0.15, -0.1) is 23.2 Å². The van der Waals surface area contributed by atoms with E-state index in [1.54, 1.807) is 0 Å². The minimum absolute atomic E-state index is 0.157. The molecule has 0 unspecified atom stereocenters. The van der Waals surface area contributed by atoms with E-state index in [-0.39, 0.29) is 11.3 Å². The lowest BCUT2D eigenvalue weighted by Crippen LogP contribution is -2.21. The standard InChI is InChI=1S/C15H19Cl2OP/c1-9-5-10(2)13(11(3)6-9)19(18)7-12-14(4,8-19)15(12,16)17/h5-6,12H,7-8H2,1-4H3/t12-,14+,19-/m1/s1. The van der Waals surface area contributed by atoms with E-state index < -0.39 is 11.5 Å². The van der Waals surface area contributed by atoms with Gasteiger partial charge in [-0.1, -0.05) is 24.6 Å². The van der Waals surface area contributed by atoms with E-state index in [1.807, 2.05) is 0 Å². The molecule has 0 spiro atoms. The number of alkyl halides is 2. The predicted molar refractivity (Wildman–Crippen MR) is 83.7 cm³/mol. The summed E-state index contributed by atoms with van der Waals surface area (Å²) in [7, 11) is -2.34. The Hall–Kier alpha value is 0.0300. The van der Waals surface area contributed by atoms with Crippen LogP contribution in [0.15, 0.2) is 12.1 Å². The van der Waals surface area contributed by atoms with Gasteiger partial charge in [0.05, 0.1) is 0 Å². The molecule has 1 saturated heterocycles. The van der Waals surface area contributed by atoms with E-state index >= 15 is 0 Å². The van der Waals surface area contributed by atoms with E-state index in [2.05, 4.69) is 39.8 Å². The molecule has 1 aromatic rings. The molecule has 104 valence electrons. The number of rotatable bonds is 1. The summed E-state index contributed by atoms with van der Waals surface area (Å²) in [5, 5.41) is 1.08. The maximum absolute atomic E-state index is 13.4. The summed E-state index contributed by atoms with van der Waals surface area (Å²) < 4.78 is 12.7. The molecular formula is C15H19Cl2OP. The maximum atomic E-state index is 13.4. The molecular weight excluding hydrogens is 298 g/mol. The Kier molecular flexibility index (Phi) is 2.81. The molecule has 1 aliphatic carbocycles. The first-order valence-electron chi connectivity index (χ1n) is 6.66. The normalized spacial score (nSPS) is 39.2. The van der Waals surface area contributed by atoms with E-state index in [9.17, 15) is 4.57 Å². The van der Waals surface area contributed by atoms with Crippen molar-refractivity contribution < 1.29 is 4.57 Å². The smallest absolute Gasteiger partial charge is 0.128 e. The van der Waals surface area contributed by atoms with Gasteiger partial charge in [-0.3, -0.25) is 0 Å². The molecule has 0 amide bonds. The Morgan fingerprint density at radius 2 is 1.74 bits per heavy atom. The van der Waals surface area contributed by atoms with Crippen molar-refractivity contribution in [2.24, 2.45) is 11.3 Å². The van der Waals surface area contributed by atoms with Crippen LogP contribution in [0.3, 0.4) is 0 Å². The second-order valence-electron chi connectivity index (χ2n) is 6.57. The van der Waals surface area contributed by atoms with Crippen LogP contribution in [0.4, 0.5) is 0 Å². The third-order valence-electron chi connectivity index (χ3n) is 4.99. The number of halogens is 2. The highest BCUT2D eigenvalue weighted by Crippen LogP contribution is 2.81. The molecule has 0 radical (unpaired) electrons. The largest absolute Gasteiger partial charge is 0.319 e. The lowest BCUT2D eigenvalue weighted by molar-refractivity contribution is 0.572. The van der Waals surface area contributed by atoms with Gasteiger partial charge in [0.1, 0.15) is 11.5 Å². The summed E-state index contributed by atoms with van der Waals surface area (Å²) in [6, 6.07) is 4.26. The zero-order valence-electron chi connectivity index (χ0n) is 11.8. The summed E-state index contributed by atoms with van der Waals surface area (Å²) >= 11 is 12.6. The van der Waals surface area contributed by atoms with Gasteiger partial charge in [-0.2, -0.15) is 0 Å². The summed E-state index contributed by atoms with van der Waals surface area (Å²) in [6.07, 6.45) is 1.32. The van der Waals surface area contributed by atoms with Crippen LogP contribution < -0.4 is 5.30 Å². The van der Waals surface area contributed by atoms with Gasteiger partial charge in [-0.05, 0) is 31.9 Å². The second-order valence-corrected chi connectivity index (χ2v) is 10.9. The van der Waals surface area contributed by atoms with E-state index in [4.69, 9.17) is 23.2 Å². The second kappa shape index (κ2) is 3.81. The molecule has 0 bridgehead atoms. The van der Waals surface area contributed by atoms with Crippen LogP contribution in [0.1, 0.15) is 23.6 Å². The lowest BCUT2D eigenvalue weighted by atomic mass is 10.1. The van der Waals surface area contributed by atoms with Crippen molar-refractivity contribution in [1.82, 2.24) is 0 Å². The predicted octanol–water partition coefficient (Wildman–Crippen LogP) is 4.42. The molecule has 0 aromatic heterocycles. The number of hydrogen-bond donors (Lipinski definition) is 0. The highest BCUT2D eigenvalue weighted by Gasteiger charge is 2.79. The van der Waals surface area contributed by atoms with Crippen molar-refractivity contribution in [2.75, 3.05) is 12.3 Å². The molecule has 1 heterocycles.